The largest absolute Gasteiger partial charge is 0.508 e. The van der Waals surface area contributed by atoms with Crippen molar-refractivity contribution >= 4 is 23.5 Å². The normalized spacial score (nSPS) is 45.5. The Balaban J connectivity index is 1.39. The highest BCUT2D eigenvalue weighted by atomic mass is 32.2. The first-order chi connectivity index (χ1) is 15.2. The molecule has 5 rings (SSSR count). The van der Waals surface area contributed by atoms with E-state index in [4.69, 9.17) is 14.2 Å². The van der Waals surface area contributed by atoms with Crippen LogP contribution in [0.4, 0.5) is 0 Å². The van der Waals surface area contributed by atoms with Crippen molar-refractivity contribution in [3.63, 3.8) is 0 Å². The zero-order chi connectivity index (χ0) is 22.8. The molecule has 0 amide bonds. The number of aliphatic hydroxyl groups excluding tert-OH is 2. The molecular formula is C22H26O9S. The number of ketones is 1. The maximum Gasteiger partial charge on any atom is 0.338 e. The van der Waals surface area contributed by atoms with Gasteiger partial charge in [-0.1, -0.05) is 6.92 Å². The molecule has 0 aromatic heterocycles. The van der Waals surface area contributed by atoms with E-state index in [0.717, 1.165) is 0 Å². The molecule has 9 nitrogen and oxygen atoms in total. The molecule has 0 bridgehead atoms. The van der Waals surface area contributed by atoms with Gasteiger partial charge in [0.05, 0.1) is 24.4 Å². The number of esters is 1. The van der Waals surface area contributed by atoms with Crippen LogP contribution in [0.2, 0.25) is 0 Å². The Hall–Kier alpha value is -1.69. The number of aliphatic hydroxyl groups is 3. The highest BCUT2D eigenvalue weighted by Crippen LogP contribution is 2.54. The Morgan fingerprint density at radius 2 is 1.97 bits per heavy atom. The monoisotopic (exact) mass is 466 g/mol. The number of fused-ring (bicyclic) bond motifs is 3. The lowest BCUT2D eigenvalue weighted by molar-refractivity contribution is -0.266. The van der Waals surface area contributed by atoms with Crippen molar-refractivity contribution in [1.82, 2.24) is 0 Å². The number of aromatic hydroxyl groups is 1. The summed E-state index contributed by atoms with van der Waals surface area (Å²) in [6, 6.07) is 5.62. The number of hydrogen-bond acceptors (Lipinski definition) is 10. The maximum absolute atomic E-state index is 13.5. The van der Waals surface area contributed by atoms with Crippen molar-refractivity contribution in [1.29, 1.82) is 0 Å². The Morgan fingerprint density at radius 1 is 1.25 bits per heavy atom. The van der Waals surface area contributed by atoms with E-state index in [2.05, 4.69) is 0 Å². The van der Waals surface area contributed by atoms with E-state index in [0.29, 0.717) is 5.75 Å². The third kappa shape index (κ3) is 3.19. The van der Waals surface area contributed by atoms with Gasteiger partial charge in [0.1, 0.15) is 18.0 Å². The second kappa shape index (κ2) is 7.68. The number of phenolic OH excluding ortho intramolecular Hbond substituents is 1. The number of rotatable bonds is 2. The molecule has 32 heavy (non-hydrogen) atoms. The number of carbonyl (C=O) groups is 2. The summed E-state index contributed by atoms with van der Waals surface area (Å²) in [6.07, 6.45) is -3.83. The minimum absolute atomic E-state index is 0.0208. The first-order valence-electron chi connectivity index (χ1n) is 10.7. The second-order valence-electron chi connectivity index (χ2n) is 9.21. The summed E-state index contributed by atoms with van der Waals surface area (Å²) in [7, 11) is 0. The van der Waals surface area contributed by atoms with Gasteiger partial charge in [-0.25, -0.2) is 4.79 Å². The Morgan fingerprint density at radius 3 is 2.69 bits per heavy atom. The summed E-state index contributed by atoms with van der Waals surface area (Å²) in [5, 5.41) is 41.3. The Kier molecular flexibility index (Phi) is 5.31. The fourth-order valence-corrected chi connectivity index (χ4v) is 6.90. The quantitative estimate of drug-likeness (QED) is 0.447. The molecule has 3 saturated heterocycles. The highest BCUT2D eigenvalue weighted by molar-refractivity contribution is 8.00. The molecular weight excluding hydrogens is 440 g/mol. The fraction of sp³-hybridized carbons (Fsp3) is 0.636. The summed E-state index contributed by atoms with van der Waals surface area (Å²) in [4.78, 5) is 26.1. The van der Waals surface area contributed by atoms with Crippen LogP contribution in [0.5, 0.6) is 5.75 Å². The van der Waals surface area contributed by atoms with Gasteiger partial charge in [-0.05, 0) is 30.7 Å². The number of ether oxygens (including phenoxy) is 3. The van der Waals surface area contributed by atoms with Gasteiger partial charge in [-0.3, -0.25) is 4.79 Å². The van der Waals surface area contributed by atoms with Crippen LogP contribution in [0.25, 0.3) is 0 Å². The van der Waals surface area contributed by atoms with Crippen LogP contribution >= 0.6 is 11.8 Å². The molecule has 3 aliphatic heterocycles. The summed E-state index contributed by atoms with van der Waals surface area (Å²) >= 11 is 1.41. The number of thioether (sulfide) groups is 1. The topological polar surface area (TPSA) is 143 Å². The summed E-state index contributed by atoms with van der Waals surface area (Å²) in [5.41, 5.74) is -1.90. The second-order valence-corrected chi connectivity index (χ2v) is 10.4. The molecule has 9 atom stereocenters. The van der Waals surface area contributed by atoms with E-state index >= 15 is 0 Å². The Labute approximate surface area is 188 Å². The lowest BCUT2D eigenvalue weighted by Crippen LogP contribution is -2.64. The minimum atomic E-state index is -2.15. The molecule has 0 radical (unpaired) electrons. The van der Waals surface area contributed by atoms with Crippen molar-refractivity contribution in [2.45, 2.75) is 60.8 Å². The number of phenols is 1. The highest BCUT2D eigenvalue weighted by Gasteiger charge is 2.73. The number of hydrogen-bond donors (Lipinski definition) is 4. The smallest absolute Gasteiger partial charge is 0.338 e. The Bertz CT molecular complexity index is 922. The molecule has 10 heteroatoms. The van der Waals surface area contributed by atoms with Crippen molar-refractivity contribution in [2.75, 3.05) is 12.4 Å². The molecule has 1 saturated carbocycles. The van der Waals surface area contributed by atoms with Gasteiger partial charge in [0.15, 0.2) is 5.60 Å². The summed E-state index contributed by atoms with van der Waals surface area (Å²) < 4.78 is 17.6. The first kappa shape index (κ1) is 22.1. The predicted molar refractivity (Wildman–Crippen MR) is 111 cm³/mol. The average molecular weight is 467 g/mol. The van der Waals surface area contributed by atoms with Gasteiger partial charge >= 0.3 is 5.97 Å². The molecule has 3 heterocycles. The lowest BCUT2D eigenvalue weighted by Gasteiger charge is -2.42. The van der Waals surface area contributed by atoms with Crippen LogP contribution < -0.4 is 0 Å². The van der Waals surface area contributed by atoms with Crippen molar-refractivity contribution in [2.24, 2.45) is 11.8 Å². The first-order valence-corrected chi connectivity index (χ1v) is 11.8. The molecule has 1 aromatic rings. The van der Waals surface area contributed by atoms with Crippen LogP contribution in [0.3, 0.4) is 0 Å². The predicted octanol–water partition coefficient (Wildman–Crippen LogP) is 0.226. The van der Waals surface area contributed by atoms with Crippen LogP contribution in [0, 0.1) is 11.8 Å². The summed E-state index contributed by atoms with van der Waals surface area (Å²) in [5.74, 6) is -3.30. The van der Waals surface area contributed by atoms with Crippen molar-refractivity contribution < 1.29 is 44.2 Å². The zero-order valence-electron chi connectivity index (χ0n) is 17.4. The van der Waals surface area contributed by atoms with Crippen LogP contribution in [-0.2, 0) is 19.0 Å². The van der Waals surface area contributed by atoms with Crippen LogP contribution in [0.1, 0.15) is 30.1 Å². The van der Waals surface area contributed by atoms with Crippen LogP contribution in [-0.4, -0.2) is 85.6 Å². The number of carbonyl (C=O) groups excluding carboxylic acids is 2. The van der Waals surface area contributed by atoms with Gasteiger partial charge < -0.3 is 34.6 Å². The SMILES string of the molecule is C[C@@H]1CO[C@@]2(C[C@@H]1OC(=O)c1ccc(O)cc1)O[C@H]1[C@H]3SC[C@H](O)[C@H]3C[C@H](O)[C@]1(O)C2=O. The van der Waals surface area contributed by atoms with Crippen LogP contribution in [0.15, 0.2) is 24.3 Å². The van der Waals surface area contributed by atoms with E-state index in [1.807, 2.05) is 6.92 Å². The number of benzene rings is 1. The molecule has 4 aliphatic rings. The standard InChI is InChI=1S/C22H26O9S/c1-10-8-29-21(7-15(10)30-19(26)11-2-4-12(23)5-3-11)20(27)22(28)16(25)6-13-14(24)9-32-17(13)18(22)31-21/h2-5,10,13-18,23-25,28H,6-9H2,1H3/t10-,13-,14+,15+,16+,17+,18+,21+,22-/m1/s1. The molecule has 174 valence electrons. The minimum Gasteiger partial charge on any atom is -0.508 e. The van der Waals surface area contributed by atoms with Gasteiger partial charge in [0.25, 0.3) is 0 Å². The van der Waals surface area contributed by atoms with Gasteiger partial charge in [-0.15, -0.1) is 0 Å². The van der Waals surface area contributed by atoms with Crippen molar-refractivity contribution in [3.05, 3.63) is 29.8 Å². The third-order valence-electron chi connectivity index (χ3n) is 7.18. The maximum atomic E-state index is 13.5. The lowest BCUT2D eigenvalue weighted by atomic mass is 9.70. The van der Waals surface area contributed by atoms with E-state index in [1.54, 1.807) is 0 Å². The van der Waals surface area contributed by atoms with E-state index < -0.39 is 47.6 Å². The van der Waals surface area contributed by atoms with E-state index in [1.165, 1.54) is 36.0 Å². The molecule has 1 spiro atoms. The molecule has 1 aromatic carbocycles. The van der Waals surface area contributed by atoms with E-state index in [9.17, 15) is 30.0 Å². The average Bonchev–Trinajstić information content (AvgIpc) is 3.23. The molecule has 1 aliphatic carbocycles. The fourth-order valence-electron chi connectivity index (χ4n) is 5.26. The van der Waals surface area contributed by atoms with Gasteiger partial charge in [0.2, 0.25) is 11.6 Å². The molecule has 4 N–H and O–H groups in total. The van der Waals surface area contributed by atoms with Gasteiger partial charge in [0, 0.05) is 29.3 Å². The molecule has 4 fully saturated rings. The zero-order valence-corrected chi connectivity index (χ0v) is 18.2. The van der Waals surface area contributed by atoms with Crippen molar-refractivity contribution in [3.8, 4) is 5.75 Å². The van der Waals surface area contributed by atoms with E-state index in [-0.39, 0.29) is 47.8 Å². The summed E-state index contributed by atoms with van der Waals surface area (Å²) in [6.45, 7) is 1.87. The third-order valence-corrected chi connectivity index (χ3v) is 8.70. The van der Waals surface area contributed by atoms with Gasteiger partial charge in [-0.2, -0.15) is 11.8 Å². The number of Topliss-reactive ketones (excluding diaryl/α,β-unsaturated/α-hetero) is 1. The molecule has 0 unspecified atom stereocenters.